The second-order valence-corrected chi connectivity index (χ2v) is 17.5. The molecule has 2 aliphatic heterocycles. The number of nitrogens with zero attached hydrogens (tertiary/aromatic N) is 2. The second-order valence-electron chi connectivity index (χ2n) is 17.5. The highest BCUT2D eigenvalue weighted by atomic mass is 19.4. The van der Waals surface area contributed by atoms with Gasteiger partial charge >= 0.3 is 35.5 Å². The van der Waals surface area contributed by atoms with Crippen LogP contribution in [0.3, 0.4) is 0 Å². The average Bonchev–Trinajstić information content (AvgIpc) is 3.54. The van der Waals surface area contributed by atoms with Crippen molar-refractivity contribution in [2.45, 2.75) is 35.5 Å². The first-order chi connectivity index (χ1) is 32.8. The van der Waals surface area contributed by atoms with Gasteiger partial charge in [-0.1, -0.05) is 121 Å². The van der Waals surface area contributed by atoms with Crippen molar-refractivity contribution in [2.75, 3.05) is 9.80 Å². The van der Waals surface area contributed by atoms with E-state index in [1.54, 1.807) is 36.4 Å². The van der Waals surface area contributed by atoms with Crippen LogP contribution in [0.2, 0.25) is 0 Å². The Kier molecular flexibility index (Phi) is 8.76. The molecule has 0 atom stereocenters. The smallest absolute Gasteiger partial charge is 0.311 e. The van der Waals surface area contributed by atoms with E-state index in [0.29, 0.717) is 28.8 Å². The van der Waals surface area contributed by atoms with E-state index in [-0.39, 0.29) is 44.7 Å². The monoisotopic (exact) mass is 944 g/mol. The van der Waals surface area contributed by atoms with Crippen molar-refractivity contribution in [3.8, 4) is 33.4 Å². The summed E-state index contributed by atoms with van der Waals surface area (Å²) in [7, 11) is 0. The van der Waals surface area contributed by atoms with Crippen molar-refractivity contribution in [3.63, 3.8) is 0 Å². The van der Waals surface area contributed by atoms with Gasteiger partial charge in [0.25, 0.3) is 6.71 Å². The molecule has 8 aromatic carbocycles. The van der Waals surface area contributed by atoms with E-state index in [2.05, 4.69) is 0 Å². The zero-order valence-electron chi connectivity index (χ0n) is 35.3. The van der Waals surface area contributed by atoms with Gasteiger partial charge in [-0.2, -0.15) is 52.7 Å². The normalized spacial score (nSPS) is 18.8. The maximum Gasteiger partial charge on any atom is 0.380 e. The Balaban J connectivity index is 1.27. The number of anilines is 6. The van der Waals surface area contributed by atoms with E-state index < -0.39 is 75.9 Å². The summed E-state index contributed by atoms with van der Waals surface area (Å²) < 4.78 is 193. The molecule has 0 spiro atoms. The van der Waals surface area contributed by atoms with Gasteiger partial charge < -0.3 is 9.80 Å². The topological polar surface area (TPSA) is 6.48 Å². The third-order valence-corrected chi connectivity index (χ3v) is 13.8. The molecule has 8 aromatic rings. The maximum atomic E-state index is 16.6. The lowest BCUT2D eigenvalue weighted by Gasteiger charge is -2.46. The molecule has 2 nitrogen and oxygen atoms in total. The molecule has 0 N–H and O–H groups in total. The van der Waals surface area contributed by atoms with Gasteiger partial charge in [-0.05, 0) is 104 Å². The minimum atomic E-state index is -5.96. The molecule has 15 heteroatoms. The number of benzene rings is 8. The third kappa shape index (κ3) is 5.49. The van der Waals surface area contributed by atoms with Crippen LogP contribution in [0.1, 0.15) is 22.3 Å². The Bertz CT molecular complexity index is 3200. The fourth-order valence-corrected chi connectivity index (χ4v) is 10.6. The number of halogens is 12. The molecule has 2 aliphatic carbocycles. The van der Waals surface area contributed by atoms with Gasteiger partial charge in [0.15, 0.2) is 0 Å². The van der Waals surface area contributed by atoms with Crippen LogP contribution in [-0.4, -0.2) is 18.6 Å². The summed E-state index contributed by atoms with van der Waals surface area (Å²) in [6.45, 7) is -1.66. The highest BCUT2D eigenvalue weighted by Gasteiger charge is 2.81. The third-order valence-electron chi connectivity index (χ3n) is 13.8. The molecule has 4 aliphatic rings. The number of hydrogen-bond acceptors (Lipinski definition) is 2. The van der Waals surface area contributed by atoms with E-state index in [4.69, 9.17) is 0 Å². The van der Waals surface area contributed by atoms with E-state index >= 15 is 52.7 Å². The van der Waals surface area contributed by atoms with E-state index in [0.717, 1.165) is 33.1 Å². The predicted molar refractivity (Wildman–Crippen MR) is 242 cm³/mol. The number of para-hydroxylation sites is 2. The SMILES string of the molecule is FC1(F)c2ccc3c(c2C(F)(F)C1(F)F)N(c1ccccc1)c1cc(-c2cc(-c4ccccc4)cc(-c4ccccc4)c2)cc2c1B3c1ccc3c(c1N2c1ccccc1)C(F)(F)C(F)(F)C3(F)F. The molecular formula is C54H29BF12N2. The number of fused-ring (bicyclic) bond motifs is 8. The summed E-state index contributed by atoms with van der Waals surface area (Å²) in [5.41, 5.74) is -5.70. The quantitative estimate of drug-likeness (QED) is 0.125. The Labute approximate surface area is 385 Å². The first-order valence-corrected chi connectivity index (χ1v) is 21.6. The second kappa shape index (κ2) is 14.1. The molecule has 0 radical (unpaired) electrons. The summed E-state index contributed by atoms with van der Waals surface area (Å²) in [6.07, 6.45) is 0. The van der Waals surface area contributed by atoms with Crippen LogP contribution in [0.25, 0.3) is 33.4 Å². The van der Waals surface area contributed by atoms with Gasteiger partial charge in [0, 0.05) is 33.9 Å². The molecule has 0 aromatic heterocycles. The molecule has 0 amide bonds. The maximum absolute atomic E-state index is 16.6. The lowest BCUT2D eigenvalue weighted by molar-refractivity contribution is -0.302. The zero-order chi connectivity index (χ0) is 48.2. The molecule has 0 bridgehead atoms. The van der Waals surface area contributed by atoms with Crippen molar-refractivity contribution in [2.24, 2.45) is 0 Å². The molecule has 0 unspecified atom stereocenters. The fraction of sp³-hybridized carbons (Fsp3) is 0.111. The van der Waals surface area contributed by atoms with Gasteiger partial charge in [0.2, 0.25) is 0 Å². The number of alkyl halides is 12. The molecule has 12 rings (SSSR count). The van der Waals surface area contributed by atoms with Gasteiger partial charge in [0.05, 0.1) is 22.5 Å². The summed E-state index contributed by atoms with van der Waals surface area (Å²) >= 11 is 0. The minimum Gasteiger partial charge on any atom is -0.311 e. The molecular weight excluding hydrogens is 915 g/mol. The van der Waals surface area contributed by atoms with Gasteiger partial charge in [-0.3, -0.25) is 0 Å². The van der Waals surface area contributed by atoms with Crippen LogP contribution in [0, 0.1) is 0 Å². The Morgan fingerprint density at radius 1 is 0.319 bits per heavy atom. The first kappa shape index (κ1) is 42.9. The molecule has 0 fully saturated rings. The van der Waals surface area contributed by atoms with Crippen LogP contribution in [0.5, 0.6) is 0 Å². The summed E-state index contributed by atoms with van der Waals surface area (Å²) in [5, 5.41) is 0. The minimum absolute atomic E-state index is 0.0409. The molecule has 2 heterocycles. The van der Waals surface area contributed by atoms with Crippen LogP contribution in [-0.2, 0) is 23.7 Å². The van der Waals surface area contributed by atoms with Crippen LogP contribution < -0.4 is 26.2 Å². The fourth-order valence-electron chi connectivity index (χ4n) is 10.6. The largest absolute Gasteiger partial charge is 0.380 e. The van der Waals surface area contributed by atoms with Crippen molar-refractivity contribution in [3.05, 3.63) is 198 Å². The van der Waals surface area contributed by atoms with E-state index in [1.807, 2.05) is 66.7 Å². The van der Waals surface area contributed by atoms with Gasteiger partial charge in [-0.15, -0.1) is 0 Å². The summed E-state index contributed by atoms with van der Waals surface area (Å²) in [4.78, 5) is 2.30. The number of rotatable bonds is 5. The molecule has 69 heavy (non-hydrogen) atoms. The lowest BCUT2D eigenvalue weighted by atomic mass is 9.33. The summed E-state index contributed by atoms with van der Waals surface area (Å²) in [6, 6.07) is 44.6. The lowest BCUT2D eigenvalue weighted by Crippen LogP contribution is -2.62. The van der Waals surface area contributed by atoms with Gasteiger partial charge in [0.1, 0.15) is 0 Å². The average molecular weight is 945 g/mol. The molecule has 0 saturated heterocycles. The van der Waals surface area contributed by atoms with E-state index in [1.165, 1.54) is 48.5 Å². The highest BCUT2D eigenvalue weighted by molar-refractivity contribution is 7.00. The predicted octanol–water partition coefficient (Wildman–Crippen LogP) is 14.4. The van der Waals surface area contributed by atoms with Crippen molar-refractivity contribution in [1.82, 2.24) is 0 Å². The van der Waals surface area contributed by atoms with Crippen molar-refractivity contribution < 1.29 is 52.7 Å². The zero-order valence-corrected chi connectivity index (χ0v) is 35.3. The Morgan fingerprint density at radius 3 is 1.00 bits per heavy atom. The standard InChI is InChI=1S/C54H29BF12N2/c56-49(57)38-21-23-40-47(44(38)51(60,61)53(49,64)65)68(36-17-9-3-10-18-36)42-28-35(34-26-32(30-13-5-1-6-14-30)25-33(27-34)31-15-7-2-8-16-31)29-43-46(42)55(40)41-24-22-39-45(52(62,63)54(66,67)50(39,58)59)48(41)69(43)37-19-11-4-12-20-37/h1-29H. The van der Waals surface area contributed by atoms with Crippen LogP contribution in [0.4, 0.5) is 86.8 Å². The molecule has 342 valence electrons. The van der Waals surface area contributed by atoms with E-state index in [9.17, 15) is 0 Å². The molecule has 0 saturated carbocycles. The highest BCUT2D eigenvalue weighted by Crippen LogP contribution is 2.68. The van der Waals surface area contributed by atoms with Gasteiger partial charge in [-0.25, -0.2) is 0 Å². The Morgan fingerprint density at radius 2 is 0.638 bits per heavy atom. The van der Waals surface area contributed by atoms with Crippen molar-refractivity contribution >= 4 is 57.2 Å². The first-order valence-electron chi connectivity index (χ1n) is 21.6. The van der Waals surface area contributed by atoms with Crippen LogP contribution >= 0.6 is 0 Å². The summed E-state index contributed by atoms with van der Waals surface area (Å²) in [5.74, 6) is -33.9. The van der Waals surface area contributed by atoms with Crippen molar-refractivity contribution in [1.29, 1.82) is 0 Å². The van der Waals surface area contributed by atoms with Crippen LogP contribution in [0.15, 0.2) is 176 Å². The number of hydrogen-bond donors (Lipinski definition) is 0. The Hall–Kier alpha value is -7.42.